The molecule has 1 saturated heterocycles. The van der Waals surface area contributed by atoms with Crippen LogP contribution in [0.25, 0.3) is 0 Å². The van der Waals surface area contributed by atoms with Crippen molar-refractivity contribution in [3.05, 3.63) is 42.0 Å². The van der Waals surface area contributed by atoms with E-state index in [9.17, 15) is 4.79 Å². The van der Waals surface area contributed by atoms with Gasteiger partial charge in [-0.1, -0.05) is 12.1 Å². The lowest BCUT2D eigenvalue weighted by Crippen LogP contribution is -2.44. The summed E-state index contributed by atoms with van der Waals surface area (Å²) in [4.78, 5) is 14.4. The van der Waals surface area contributed by atoms with Crippen molar-refractivity contribution >= 4 is 11.6 Å². The second kappa shape index (κ2) is 6.38. The van der Waals surface area contributed by atoms with Crippen molar-refractivity contribution in [1.29, 1.82) is 0 Å². The Morgan fingerprint density at radius 2 is 2.21 bits per heavy atom. The van der Waals surface area contributed by atoms with Gasteiger partial charge in [0.1, 0.15) is 0 Å². The normalized spacial score (nSPS) is 15.1. The van der Waals surface area contributed by atoms with E-state index in [0.29, 0.717) is 6.54 Å². The van der Waals surface area contributed by atoms with Gasteiger partial charge < -0.3 is 15.5 Å². The number of carbonyl (C=O) groups is 1. The van der Waals surface area contributed by atoms with Crippen LogP contribution in [0.1, 0.15) is 15.9 Å². The van der Waals surface area contributed by atoms with Gasteiger partial charge in [0.25, 0.3) is 5.91 Å². The molecule has 4 nitrogen and oxygen atoms in total. The molecule has 1 aromatic carbocycles. The molecule has 1 aromatic rings. The average Bonchev–Trinajstić information content (AvgIpc) is 2.46. The summed E-state index contributed by atoms with van der Waals surface area (Å²) in [6, 6.07) is 5.91. The molecule has 1 aliphatic rings. The van der Waals surface area contributed by atoms with Crippen molar-refractivity contribution in [2.45, 2.75) is 6.92 Å². The quantitative estimate of drug-likeness (QED) is 0.802. The number of amides is 1. The van der Waals surface area contributed by atoms with Crippen molar-refractivity contribution in [2.24, 2.45) is 0 Å². The van der Waals surface area contributed by atoms with Crippen LogP contribution < -0.4 is 15.5 Å². The first kappa shape index (κ1) is 13.6. The fourth-order valence-corrected chi connectivity index (χ4v) is 2.38. The number of nitrogens with zero attached hydrogens (tertiary/aromatic N) is 1. The van der Waals surface area contributed by atoms with Gasteiger partial charge in [0, 0.05) is 44.0 Å². The lowest BCUT2D eigenvalue weighted by atomic mass is 10.0. The first-order chi connectivity index (χ1) is 9.24. The molecule has 19 heavy (non-hydrogen) atoms. The van der Waals surface area contributed by atoms with Gasteiger partial charge in [0.05, 0.1) is 0 Å². The third-order valence-electron chi connectivity index (χ3n) is 3.41. The van der Waals surface area contributed by atoms with Gasteiger partial charge >= 0.3 is 0 Å². The maximum atomic E-state index is 12.1. The van der Waals surface area contributed by atoms with Crippen LogP contribution in [0.3, 0.4) is 0 Å². The molecule has 0 saturated carbocycles. The highest BCUT2D eigenvalue weighted by Crippen LogP contribution is 2.23. The minimum absolute atomic E-state index is 0.0330. The van der Waals surface area contributed by atoms with Crippen LogP contribution in [-0.2, 0) is 0 Å². The van der Waals surface area contributed by atoms with Crippen LogP contribution in [0.4, 0.5) is 5.69 Å². The second-order valence-electron chi connectivity index (χ2n) is 4.69. The summed E-state index contributed by atoms with van der Waals surface area (Å²) in [6.07, 6.45) is 1.69. The van der Waals surface area contributed by atoms with Crippen LogP contribution in [-0.4, -0.2) is 38.6 Å². The molecular formula is C15H21N3O. The molecule has 1 heterocycles. The van der Waals surface area contributed by atoms with Crippen molar-refractivity contribution in [3.8, 4) is 0 Å². The van der Waals surface area contributed by atoms with Crippen molar-refractivity contribution < 1.29 is 4.79 Å². The maximum Gasteiger partial charge on any atom is 0.251 e. The Morgan fingerprint density at radius 3 is 2.89 bits per heavy atom. The lowest BCUT2D eigenvalue weighted by Gasteiger charge is -2.31. The fraction of sp³-hybridized carbons (Fsp3) is 0.400. The molecule has 0 aromatic heterocycles. The molecule has 102 valence electrons. The Balaban J connectivity index is 2.21. The molecular weight excluding hydrogens is 238 g/mol. The zero-order chi connectivity index (χ0) is 13.7. The molecule has 0 unspecified atom stereocenters. The van der Waals surface area contributed by atoms with E-state index in [2.05, 4.69) is 28.2 Å². The Labute approximate surface area is 114 Å². The maximum absolute atomic E-state index is 12.1. The van der Waals surface area contributed by atoms with Crippen LogP contribution in [0.15, 0.2) is 30.9 Å². The summed E-state index contributed by atoms with van der Waals surface area (Å²) in [5.41, 5.74) is 2.96. The zero-order valence-corrected chi connectivity index (χ0v) is 11.4. The first-order valence-corrected chi connectivity index (χ1v) is 6.68. The molecule has 2 rings (SSSR count). The van der Waals surface area contributed by atoms with Crippen molar-refractivity contribution in [3.63, 3.8) is 0 Å². The highest BCUT2D eigenvalue weighted by Gasteiger charge is 2.16. The predicted molar refractivity (Wildman–Crippen MR) is 78.8 cm³/mol. The van der Waals surface area contributed by atoms with Crippen LogP contribution in [0.2, 0.25) is 0 Å². The van der Waals surface area contributed by atoms with Gasteiger partial charge in [-0.25, -0.2) is 0 Å². The van der Waals surface area contributed by atoms with Gasteiger partial charge in [0.2, 0.25) is 0 Å². The van der Waals surface area contributed by atoms with Crippen molar-refractivity contribution in [2.75, 3.05) is 37.6 Å². The smallest absolute Gasteiger partial charge is 0.251 e. The summed E-state index contributed by atoms with van der Waals surface area (Å²) in [7, 11) is 0. The van der Waals surface area contributed by atoms with Gasteiger partial charge in [-0.3, -0.25) is 4.79 Å². The molecule has 0 aliphatic carbocycles. The third kappa shape index (κ3) is 3.15. The highest BCUT2D eigenvalue weighted by atomic mass is 16.1. The minimum Gasteiger partial charge on any atom is -0.369 e. The number of benzene rings is 1. The molecule has 2 N–H and O–H groups in total. The molecule has 1 aliphatic heterocycles. The Hall–Kier alpha value is -1.81. The fourth-order valence-electron chi connectivity index (χ4n) is 2.38. The number of nitrogens with one attached hydrogen (secondary N) is 2. The molecule has 0 bridgehead atoms. The topological polar surface area (TPSA) is 44.4 Å². The van der Waals surface area contributed by atoms with E-state index in [1.54, 1.807) is 6.08 Å². The second-order valence-corrected chi connectivity index (χ2v) is 4.69. The third-order valence-corrected chi connectivity index (χ3v) is 3.41. The van der Waals surface area contributed by atoms with Crippen LogP contribution in [0, 0.1) is 6.92 Å². The largest absolute Gasteiger partial charge is 0.369 e. The summed E-state index contributed by atoms with van der Waals surface area (Å²) < 4.78 is 0. The van der Waals surface area contributed by atoms with E-state index in [1.807, 2.05) is 19.1 Å². The minimum atomic E-state index is -0.0330. The van der Waals surface area contributed by atoms with E-state index in [0.717, 1.165) is 43.0 Å². The Bertz CT molecular complexity index is 464. The summed E-state index contributed by atoms with van der Waals surface area (Å²) in [5.74, 6) is -0.0330. The monoisotopic (exact) mass is 259 g/mol. The average molecular weight is 259 g/mol. The zero-order valence-electron chi connectivity index (χ0n) is 11.4. The highest BCUT2D eigenvalue weighted by molar-refractivity contribution is 5.97. The van der Waals surface area contributed by atoms with E-state index in [1.165, 1.54) is 0 Å². The number of rotatable bonds is 4. The summed E-state index contributed by atoms with van der Waals surface area (Å²) >= 11 is 0. The molecule has 0 radical (unpaired) electrons. The van der Waals surface area contributed by atoms with Crippen LogP contribution >= 0.6 is 0 Å². The number of hydrogen-bond acceptors (Lipinski definition) is 3. The van der Waals surface area contributed by atoms with E-state index in [4.69, 9.17) is 0 Å². The van der Waals surface area contributed by atoms with E-state index in [-0.39, 0.29) is 5.91 Å². The van der Waals surface area contributed by atoms with E-state index >= 15 is 0 Å². The molecule has 1 fully saturated rings. The Morgan fingerprint density at radius 1 is 1.47 bits per heavy atom. The number of hydrogen-bond donors (Lipinski definition) is 2. The standard InChI is InChI=1S/C15H21N3O/c1-3-7-17-15(19)13-5-4-6-14(12(13)2)18-10-8-16-9-11-18/h3-6,16H,1,7-11H2,2H3,(H,17,19). The van der Waals surface area contributed by atoms with Crippen LogP contribution in [0.5, 0.6) is 0 Å². The van der Waals surface area contributed by atoms with E-state index < -0.39 is 0 Å². The molecule has 4 heteroatoms. The van der Waals surface area contributed by atoms with Gasteiger partial charge in [-0.05, 0) is 24.6 Å². The summed E-state index contributed by atoms with van der Waals surface area (Å²) in [6.45, 7) is 10.1. The predicted octanol–water partition coefficient (Wildman–Crippen LogP) is 1.32. The Kier molecular flexibility index (Phi) is 4.58. The number of carbonyl (C=O) groups excluding carboxylic acids is 1. The van der Waals surface area contributed by atoms with Crippen molar-refractivity contribution in [1.82, 2.24) is 10.6 Å². The summed E-state index contributed by atoms with van der Waals surface area (Å²) in [5, 5.41) is 6.17. The SMILES string of the molecule is C=CCNC(=O)c1cccc(N2CCNCC2)c1C. The molecule has 1 amide bonds. The molecule has 0 atom stereocenters. The van der Waals surface area contributed by atoms with Gasteiger partial charge in [-0.2, -0.15) is 0 Å². The molecule has 0 spiro atoms. The first-order valence-electron chi connectivity index (χ1n) is 6.68. The number of piperazine rings is 1. The van der Waals surface area contributed by atoms with Gasteiger partial charge in [0.15, 0.2) is 0 Å². The van der Waals surface area contributed by atoms with Gasteiger partial charge in [-0.15, -0.1) is 6.58 Å². The number of anilines is 1. The lowest BCUT2D eigenvalue weighted by molar-refractivity contribution is 0.0957.